The van der Waals surface area contributed by atoms with E-state index in [4.69, 9.17) is 10.5 Å². The summed E-state index contributed by atoms with van der Waals surface area (Å²) < 4.78 is 5.65. The Morgan fingerprint density at radius 3 is 2.64 bits per heavy atom. The van der Waals surface area contributed by atoms with Gasteiger partial charge in [0.2, 0.25) is 0 Å². The molecular weight excluding hydrogens is 342 g/mol. The summed E-state index contributed by atoms with van der Waals surface area (Å²) in [5.41, 5.74) is 7.59. The van der Waals surface area contributed by atoms with Gasteiger partial charge in [0.05, 0.1) is 11.0 Å². The van der Waals surface area contributed by atoms with Gasteiger partial charge in [-0.2, -0.15) is 0 Å². The predicted molar refractivity (Wildman–Crippen MR) is 99.4 cm³/mol. The van der Waals surface area contributed by atoms with E-state index >= 15 is 0 Å². The van der Waals surface area contributed by atoms with Crippen LogP contribution in [0.25, 0.3) is 0 Å². The molecule has 1 heterocycles. The second-order valence-corrected chi connectivity index (χ2v) is 6.04. The second-order valence-electron chi connectivity index (χ2n) is 6.04. The lowest BCUT2D eigenvalue weighted by Crippen LogP contribution is -2.30. The zero-order chi connectivity index (χ0) is 16.9. The van der Waals surface area contributed by atoms with Crippen molar-refractivity contribution in [2.75, 3.05) is 26.2 Å². The first kappa shape index (κ1) is 19.2. The second kappa shape index (κ2) is 8.80. The van der Waals surface area contributed by atoms with Crippen LogP contribution in [0.4, 0.5) is 5.69 Å². The first-order chi connectivity index (χ1) is 11.6. The van der Waals surface area contributed by atoms with Gasteiger partial charge in [0, 0.05) is 37.7 Å². The summed E-state index contributed by atoms with van der Waals surface area (Å²) in [5, 5.41) is 10.8. The SMILES string of the molecule is Cl.N[C@@H]1CN(CCOc2cccc([N+](=O)[O-])c2)C[C@H]1c1ccccc1. The zero-order valence-corrected chi connectivity index (χ0v) is 14.6. The molecule has 25 heavy (non-hydrogen) atoms. The fraction of sp³-hybridized carbons (Fsp3) is 0.333. The number of nitro benzene ring substituents is 1. The topological polar surface area (TPSA) is 81.6 Å². The monoisotopic (exact) mass is 363 g/mol. The van der Waals surface area contributed by atoms with Gasteiger partial charge in [0.15, 0.2) is 0 Å². The van der Waals surface area contributed by atoms with Crippen molar-refractivity contribution in [3.05, 3.63) is 70.3 Å². The molecular formula is C18H22ClN3O3. The first-order valence-electron chi connectivity index (χ1n) is 8.03. The zero-order valence-electron chi connectivity index (χ0n) is 13.8. The largest absolute Gasteiger partial charge is 0.492 e. The Kier molecular flexibility index (Phi) is 6.75. The van der Waals surface area contributed by atoms with Crippen LogP contribution in [-0.2, 0) is 0 Å². The molecule has 2 aromatic carbocycles. The standard InChI is InChI=1S/C18H21N3O3.ClH/c19-18-13-20(12-17(18)14-5-2-1-3-6-14)9-10-24-16-8-4-7-15(11-16)21(22)23;/h1-8,11,17-18H,9-10,12-13,19H2;1H/t17-,18+;/m0./s1. The Balaban J connectivity index is 0.00000225. The van der Waals surface area contributed by atoms with Gasteiger partial charge in [-0.1, -0.05) is 36.4 Å². The molecule has 0 aliphatic carbocycles. The van der Waals surface area contributed by atoms with Crippen LogP contribution in [0.2, 0.25) is 0 Å². The fourth-order valence-electron chi connectivity index (χ4n) is 3.13. The van der Waals surface area contributed by atoms with Gasteiger partial charge in [-0.25, -0.2) is 0 Å². The molecule has 1 aliphatic rings. The summed E-state index contributed by atoms with van der Waals surface area (Å²) in [6, 6.07) is 16.7. The van der Waals surface area contributed by atoms with E-state index in [1.807, 2.05) is 18.2 Å². The first-order valence-corrected chi connectivity index (χ1v) is 8.03. The molecule has 0 aromatic heterocycles. The quantitative estimate of drug-likeness (QED) is 0.630. The van der Waals surface area contributed by atoms with Crippen LogP contribution in [0.3, 0.4) is 0 Å². The smallest absolute Gasteiger partial charge is 0.273 e. The molecule has 0 unspecified atom stereocenters. The third-order valence-corrected chi connectivity index (χ3v) is 4.37. The number of hydrogen-bond acceptors (Lipinski definition) is 5. The Bertz CT molecular complexity index is 699. The van der Waals surface area contributed by atoms with Crippen LogP contribution in [0, 0.1) is 10.1 Å². The van der Waals surface area contributed by atoms with Crippen molar-refractivity contribution < 1.29 is 9.66 Å². The highest BCUT2D eigenvalue weighted by molar-refractivity contribution is 5.85. The van der Waals surface area contributed by atoms with Crippen LogP contribution in [-0.4, -0.2) is 42.1 Å². The molecule has 0 bridgehead atoms. The van der Waals surface area contributed by atoms with Crippen molar-refractivity contribution in [1.29, 1.82) is 0 Å². The number of benzene rings is 2. The highest BCUT2D eigenvalue weighted by atomic mass is 35.5. The lowest BCUT2D eigenvalue weighted by molar-refractivity contribution is -0.384. The molecule has 0 saturated carbocycles. The van der Waals surface area contributed by atoms with Crippen LogP contribution >= 0.6 is 12.4 Å². The molecule has 7 heteroatoms. The van der Waals surface area contributed by atoms with Gasteiger partial charge in [-0.3, -0.25) is 15.0 Å². The van der Waals surface area contributed by atoms with Crippen molar-refractivity contribution in [2.24, 2.45) is 5.73 Å². The molecule has 2 aromatic rings. The van der Waals surface area contributed by atoms with Crippen LogP contribution in [0.15, 0.2) is 54.6 Å². The molecule has 1 saturated heterocycles. The summed E-state index contributed by atoms with van der Waals surface area (Å²) >= 11 is 0. The molecule has 3 rings (SSSR count). The van der Waals surface area contributed by atoms with Gasteiger partial charge >= 0.3 is 0 Å². The van der Waals surface area contributed by atoms with Crippen molar-refractivity contribution in [3.8, 4) is 5.75 Å². The number of non-ortho nitro benzene ring substituents is 1. The van der Waals surface area contributed by atoms with E-state index in [1.54, 1.807) is 12.1 Å². The number of halogens is 1. The van der Waals surface area contributed by atoms with E-state index in [1.165, 1.54) is 17.7 Å². The van der Waals surface area contributed by atoms with E-state index in [9.17, 15) is 10.1 Å². The minimum absolute atomic E-state index is 0. The minimum Gasteiger partial charge on any atom is -0.492 e. The Morgan fingerprint density at radius 2 is 1.92 bits per heavy atom. The highest BCUT2D eigenvalue weighted by Gasteiger charge is 2.30. The van der Waals surface area contributed by atoms with Crippen LogP contribution in [0.1, 0.15) is 11.5 Å². The third-order valence-electron chi connectivity index (χ3n) is 4.37. The van der Waals surface area contributed by atoms with Gasteiger partial charge in [0.1, 0.15) is 12.4 Å². The van der Waals surface area contributed by atoms with Gasteiger partial charge in [-0.05, 0) is 11.6 Å². The number of nitrogens with two attached hydrogens (primary N) is 1. The number of nitrogens with zero attached hydrogens (tertiary/aromatic N) is 2. The maximum Gasteiger partial charge on any atom is 0.273 e. The molecule has 6 nitrogen and oxygen atoms in total. The minimum atomic E-state index is -0.420. The molecule has 0 amide bonds. The van der Waals surface area contributed by atoms with Crippen molar-refractivity contribution in [3.63, 3.8) is 0 Å². The number of hydrogen-bond donors (Lipinski definition) is 1. The summed E-state index contributed by atoms with van der Waals surface area (Å²) in [4.78, 5) is 12.6. The predicted octanol–water partition coefficient (Wildman–Crippen LogP) is 2.82. The van der Waals surface area contributed by atoms with Crippen LogP contribution < -0.4 is 10.5 Å². The molecule has 0 spiro atoms. The van der Waals surface area contributed by atoms with Crippen LogP contribution in [0.5, 0.6) is 5.75 Å². The summed E-state index contributed by atoms with van der Waals surface area (Å²) in [6.07, 6.45) is 0. The number of ether oxygens (including phenoxy) is 1. The Labute approximate surface area is 153 Å². The van der Waals surface area contributed by atoms with Crippen molar-refractivity contribution in [2.45, 2.75) is 12.0 Å². The van der Waals surface area contributed by atoms with E-state index < -0.39 is 4.92 Å². The lowest BCUT2D eigenvalue weighted by atomic mass is 9.95. The van der Waals surface area contributed by atoms with E-state index in [-0.39, 0.29) is 24.1 Å². The summed E-state index contributed by atoms with van der Waals surface area (Å²) in [6.45, 7) is 2.97. The normalized spacial score (nSPS) is 20.0. The molecule has 2 N–H and O–H groups in total. The number of nitro groups is 1. The number of rotatable bonds is 6. The molecule has 1 fully saturated rings. The molecule has 2 atom stereocenters. The van der Waals surface area contributed by atoms with Gasteiger partial charge in [-0.15, -0.1) is 12.4 Å². The molecule has 134 valence electrons. The fourth-order valence-corrected chi connectivity index (χ4v) is 3.13. The van der Waals surface area contributed by atoms with Gasteiger partial charge in [0.25, 0.3) is 5.69 Å². The Hall–Kier alpha value is -2.15. The van der Waals surface area contributed by atoms with E-state index in [2.05, 4.69) is 17.0 Å². The maximum atomic E-state index is 10.8. The number of likely N-dealkylation sites (tertiary alicyclic amines) is 1. The van der Waals surface area contributed by atoms with Crippen molar-refractivity contribution >= 4 is 18.1 Å². The van der Waals surface area contributed by atoms with E-state index in [0.29, 0.717) is 18.3 Å². The summed E-state index contributed by atoms with van der Waals surface area (Å²) in [7, 11) is 0. The summed E-state index contributed by atoms with van der Waals surface area (Å²) in [5.74, 6) is 0.858. The Morgan fingerprint density at radius 1 is 1.16 bits per heavy atom. The van der Waals surface area contributed by atoms with Gasteiger partial charge < -0.3 is 10.5 Å². The average Bonchev–Trinajstić information content (AvgIpc) is 2.96. The van der Waals surface area contributed by atoms with E-state index in [0.717, 1.165) is 19.6 Å². The average molecular weight is 364 g/mol. The van der Waals surface area contributed by atoms with Crippen molar-refractivity contribution in [1.82, 2.24) is 4.90 Å². The third kappa shape index (κ3) is 4.92. The lowest BCUT2D eigenvalue weighted by Gasteiger charge is -2.16. The maximum absolute atomic E-state index is 10.8. The highest BCUT2D eigenvalue weighted by Crippen LogP contribution is 2.26. The molecule has 0 radical (unpaired) electrons. The molecule has 1 aliphatic heterocycles.